The number of hydrogen-bond donors (Lipinski definition) is 0. The molecule has 0 spiro atoms. The average molecular weight is 285 g/mol. The molecule has 1 heterocycles. The van der Waals surface area contributed by atoms with Crippen LogP contribution >= 0.6 is 0 Å². The Hall–Kier alpha value is -1.40. The van der Waals surface area contributed by atoms with Gasteiger partial charge in [-0.2, -0.15) is 5.26 Å². The average Bonchev–Trinajstić information content (AvgIpc) is 3.29. The number of rotatable bonds is 9. The zero-order valence-corrected chi connectivity index (χ0v) is 13.4. The normalized spacial score (nSPS) is 15.9. The first-order chi connectivity index (χ1) is 10.2. The summed E-state index contributed by atoms with van der Waals surface area (Å²) in [5.74, 6) is 0.948. The summed E-state index contributed by atoms with van der Waals surface area (Å²) in [5, 5.41) is 9.19. The Labute approximate surface area is 129 Å². The number of nitriles is 1. The summed E-state index contributed by atoms with van der Waals surface area (Å²) in [7, 11) is 4.23. The Bertz CT molecular complexity index is 472. The third-order valence-electron chi connectivity index (χ3n) is 4.27. The standard InChI is InChI=1S/C18H27N3/c1-21(2)12-4-3-5-18-13-15(10-11-20-18)6-7-17(14-19)16-8-9-16/h10-11,13,16-17H,3-9,12H2,1-2H3. The SMILES string of the molecule is CN(C)CCCCc1cc(CCC(C#N)C2CC2)ccn1. The molecule has 0 aliphatic heterocycles. The fourth-order valence-corrected chi connectivity index (χ4v) is 2.78. The summed E-state index contributed by atoms with van der Waals surface area (Å²) in [5.41, 5.74) is 2.54. The summed E-state index contributed by atoms with van der Waals surface area (Å²) in [6.07, 6.45) is 9.93. The van der Waals surface area contributed by atoms with Crippen LogP contribution in [0, 0.1) is 23.2 Å². The van der Waals surface area contributed by atoms with Gasteiger partial charge in [0.25, 0.3) is 0 Å². The van der Waals surface area contributed by atoms with Crippen LogP contribution in [0.5, 0.6) is 0 Å². The van der Waals surface area contributed by atoms with Crippen LogP contribution < -0.4 is 0 Å². The van der Waals surface area contributed by atoms with Crippen LogP contribution in [0.2, 0.25) is 0 Å². The van der Waals surface area contributed by atoms with Crippen molar-refractivity contribution in [3.8, 4) is 6.07 Å². The Balaban J connectivity index is 1.76. The van der Waals surface area contributed by atoms with Gasteiger partial charge in [-0.1, -0.05) is 0 Å². The van der Waals surface area contributed by atoms with E-state index in [9.17, 15) is 5.26 Å². The first-order valence-electron chi connectivity index (χ1n) is 8.17. The lowest BCUT2D eigenvalue weighted by atomic mass is 9.96. The maximum Gasteiger partial charge on any atom is 0.0658 e. The van der Waals surface area contributed by atoms with Crippen molar-refractivity contribution >= 4 is 0 Å². The van der Waals surface area contributed by atoms with Crippen molar-refractivity contribution in [3.63, 3.8) is 0 Å². The van der Waals surface area contributed by atoms with E-state index in [0.717, 1.165) is 25.8 Å². The van der Waals surface area contributed by atoms with E-state index in [4.69, 9.17) is 0 Å². The van der Waals surface area contributed by atoms with E-state index in [2.05, 4.69) is 42.2 Å². The molecular weight excluding hydrogens is 258 g/mol. The molecule has 1 unspecified atom stereocenters. The van der Waals surface area contributed by atoms with Gasteiger partial charge in [0.05, 0.1) is 6.07 Å². The molecular formula is C18H27N3. The zero-order chi connectivity index (χ0) is 15.1. The minimum absolute atomic E-state index is 0.265. The van der Waals surface area contributed by atoms with Crippen LogP contribution in [-0.2, 0) is 12.8 Å². The molecule has 1 aliphatic rings. The maximum atomic E-state index is 9.19. The Morgan fingerprint density at radius 3 is 2.81 bits per heavy atom. The van der Waals surface area contributed by atoms with Gasteiger partial charge in [-0.3, -0.25) is 4.98 Å². The van der Waals surface area contributed by atoms with E-state index in [1.165, 1.54) is 36.9 Å². The minimum Gasteiger partial charge on any atom is -0.309 e. The van der Waals surface area contributed by atoms with E-state index in [-0.39, 0.29) is 5.92 Å². The second-order valence-electron chi connectivity index (χ2n) is 6.53. The van der Waals surface area contributed by atoms with Gasteiger partial charge >= 0.3 is 0 Å². The number of aryl methyl sites for hydroxylation is 2. The molecule has 0 saturated heterocycles. The van der Waals surface area contributed by atoms with Gasteiger partial charge in [-0.05, 0) is 89.2 Å². The van der Waals surface area contributed by atoms with Crippen molar-refractivity contribution in [2.45, 2.75) is 44.9 Å². The quantitative estimate of drug-likeness (QED) is 0.652. The summed E-state index contributed by atoms with van der Waals surface area (Å²) < 4.78 is 0. The summed E-state index contributed by atoms with van der Waals surface area (Å²) in [4.78, 5) is 6.70. The highest BCUT2D eigenvalue weighted by Crippen LogP contribution is 2.38. The predicted octanol–water partition coefficient (Wildman–Crippen LogP) is 3.45. The Morgan fingerprint density at radius 2 is 2.14 bits per heavy atom. The van der Waals surface area contributed by atoms with Crippen molar-refractivity contribution in [2.75, 3.05) is 20.6 Å². The van der Waals surface area contributed by atoms with Gasteiger partial charge in [0.2, 0.25) is 0 Å². The smallest absolute Gasteiger partial charge is 0.0658 e. The highest BCUT2D eigenvalue weighted by atomic mass is 15.0. The number of nitrogens with zero attached hydrogens (tertiary/aromatic N) is 3. The van der Waals surface area contributed by atoms with Crippen LogP contribution in [-0.4, -0.2) is 30.5 Å². The first kappa shape index (κ1) is 16.0. The van der Waals surface area contributed by atoms with Gasteiger partial charge in [-0.15, -0.1) is 0 Å². The van der Waals surface area contributed by atoms with Crippen LogP contribution in [0.3, 0.4) is 0 Å². The molecule has 0 N–H and O–H groups in total. The summed E-state index contributed by atoms with van der Waals surface area (Å²) in [6.45, 7) is 1.14. The monoisotopic (exact) mass is 285 g/mol. The topological polar surface area (TPSA) is 39.9 Å². The molecule has 2 rings (SSSR count). The molecule has 1 saturated carbocycles. The van der Waals surface area contributed by atoms with E-state index in [1.54, 1.807) is 0 Å². The molecule has 114 valence electrons. The van der Waals surface area contributed by atoms with E-state index in [1.807, 2.05) is 6.20 Å². The lowest BCUT2D eigenvalue weighted by Crippen LogP contribution is -2.13. The third kappa shape index (κ3) is 5.85. The predicted molar refractivity (Wildman–Crippen MR) is 85.9 cm³/mol. The molecule has 1 aromatic heterocycles. The van der Waals surface area contributed by atoms with Crippen molar-refractivity contribution in [1.29, 1.82) is 5.26 Å². The molecule has 1 aromatic rings. The second-order valence-corrected chi connectivity index (χ2v) is 6.53. The van der Waals surface area contributed by atoms with Gasteiger partial charge in [-0.25, -0.2) is 0 Å². The lowest BCUT2D eigenvalue weighted by molar-refractivity contribution is 0.394. The molecule has 1 atom stereocenters. The molecule has 0 bridgehead atoms. The summed E-state index contributed by atoms with van der Waals surface area (Å²) >= 11 is 0. The van der Waals surface area contributed by atoms with E-state index < -0.39 is 0 Å². The molecule has 3 nitrogen and oxygen atoms in total. The number of unbranched alkanes of at least 4 members (excludes halogenated alkanes) is 1. The number of pyridine rings is 1. The number of aromatic nitrogens is 1. The molecule has 0 radical (unpaired) electrons. The Kier molecular flexibility index (Phi) is 6.20. The van der Waals surface area contributed by atoms with E-state index >= 15 is 0 Å². The second kappa shape index (κ2) is 8.14. The van der Waals surface area contributed by atoms with Gasteiger partial charge in [0.15, 0.2) is 0 Å². The first-order valence-corrected chi connectivity index (χ1v) is 8.17. The highest BCUT2D eigenvalue weighted by Gasteiger charge is 2.30. The van der Waals surface area contributed by atoms with Crippen LogP contribution in [0.1, 0.15) is 43.4 Å². The molecule has 3 heteroatoms. The van der Waals surface area contributed by atoms with Crippen LogP contribution in [0.25, 0.3) is 0 Å². The van der Waals surface area contributed by atoms with Crippen molar-refractivity contribution < 1.29 is 0 Å². The van der Waals surface area contributed by atoms with Crippen LogP contribution in [0.15, 0.2) is 18.3 Å². The number of hydrogen-bond acceptors (Lipinski definition) is 3. The summed E-state index contributed by atoms with van der Waals surface area (Å²) in [6, 6.07) is 6.82. The molecule has 0 amide bonds. The van der Waals surface area contributed by atoms with Crippen molar-refractivity contribution in [2.24, 2.45) is 11.8 Å². The fraction of sp³-hybridized carbons (Fsp3) is 0.667. The lowest BCUT2D eigenvalue weighted by Gasteiger charge is -2.10. The minimum atomic E-state index is 0.265. The van der Waals surface area contributed by atoms with Crippen molar-refractivity contribution in [3.05, 3.63) is 29.6 Å². The van der Waals surface area contributed by atoms with E-state index in [0.29, 0.717) is 5.92 Å². The zero-order valence-electron chi connectivity index (χ0n) is 13.4. The largest absolute Gasteiger partial charge is 0.309 e. The van der Waals surface area contributed by atoms with Crippen molar-refractivity contribution in [1.82, 2.24) is 9.88 Å². The van der Waals surface area contributed by atoms with Gasteiger partial charge in [0, 0.05) is 17.8 Å². The molecule has 0 aromatic carbocycles. The third-order valence-corrected chi connectivity index (χ3v) is 4.27. The maximum absolute atomic E-state index is 9.19. The highest BCUT2D eigenvalue weighted by molar-refractivity contribution is 5.17. The molecule has 21 heavy (non-hydrogen) atoms. The fourth-order valence-electron chi connectivity index (χ4n) is 2.78. The Morgan fingerprint density at radius 1 is 1.33 bits per heavy atom. The van der Waals surface area contributed by atoms with Crippen LogP contribution in [0.4, 0.5) is 0 Å². The van der Waals surface area contributed by atoms with Gasteiger partial charge < -0.3 is 4.90 Å². The molecule has 1 aliphatic carbocycles. The van der Waals surface area contributed by atoms with Gasteiger partial charge in [0.1, 0.15) is 0 Å². The molecule has 1 fully saturated rings.